The maximum Gasteiger partial charge on any atom is 0.247 e. The van der Waals surface area contributed by atoms with Gasteiger partial charge in [0.1, 0.15) is 11.1 Å². The second-order valence-electron chi connectivity index (χ2n) is 14.0. The van der Waals surface area contributed by atoms with Crippen LogP contribution in [-0.2, 0) is 0 Å². The number of aliphatic hydroxyl groups excluding tert-OH is 4. The highest BCUT2D eigenvalue weighted by Gasteiger charge is 2.19. The highest BCUT2D eigenvalue weighted by Crippen LogP contribution is 2.41. The smallest absolute Gasteiger partial charge is 0.247 e. The number of aliphatic hydroxyl groups is 4. The second-order valence-corrected chi connectivity index (χ2v) is 14.9. The first-order chi connectivity index (χ1) is 28.0. The molecule has 0 aliphatic rings. The molecule has 13 heteroatoms. The lowest BCUT2D eigenvalue weighted by Crippen LogP contribution is -2.29. The first kappa shape index (κ1) is 44.9. The first-order valence-electron chi connectivity index (χ1n) is 19.0. The molecule has 0 aliphatic carbocycles. The van der Waals surface area contributed by atoms with Gasteiger partial charge in [-0.3, -0.25) is 0 Å². The van der Waals surface area contributed by atoms with E-state index in [0.29, 0.717) is 47.3 Å². The summed E-state index contributed by atoms with van der Waals surface area (Å²) in [4.78, 5) is 11.5. The van der Waals surface area contributed by atoms with Gasteiger partial charge < -0.3 is 40.0 Å². The molecule has 0 fully saturated rings. The molecule has 0 saturated heterocycles. The van der Waals surface area contributed by atoms with Gasteiger partial charge in [-0.2, -0.15) is 5.26 Å². The molecule has 0 unspecified atom stereocenters. The van der Waals surface area contributed by atoms with Crippen molar-refractivity contribution in [1.82, 2.24) is 0 Å². The van der Waals surface area contributed by atoms with Crippen molar-refractivity contribution in [3.63, 3.8) is 0 Å². The third kappa shape index (κ3) is 11.6. The monoisotopic (exact) mass is 802 g/mol. The van der Waals surface area contributed by atoms with Gasteiger partial charge in [-0.25, -0.2) is 4.85 Å². The van der Waals surface area contributed by atoms with E-state index in [4.69, 9.17) is 6.57 Å². The molecule has 304 valence electrons. The fraction of sp³-hybridized carbons (Fsp3) is 0.333. The van der Waals surface area contributed by atoms with Gasteiger partial charge in [0.15, 0.2) is 0 Å². The minimum absolute atomic E-state index is 0.0116. The van der Waals surface area contributed by atoms with Crippen molar-refractivity contribution in [3.05, 3.63) is 136 Å². The molecule has 0 spiro atoms. The van der Waals surface area contributed by atoms with E-state index >= 15 is 0 Å². The van der Waals surface area contributed by atoms with E-state index in [1.165, 1.54) is 16.9 Å². The molecule has 0 amide bonds. The number of hydrogen-bond donors (Lipinski definition) is 4. The van der Waals surface area contributed by atoms with Crippen molar-refractivity contribution in [3.8, 4) is 6.07 Å². The highest BCUT2D eigenvalue weighted by molar-refractivity contribution is 7.20. The Balaban J connectivity index is 0.000000289. The van der Waals surface area contributed by atoms with Gasteiger partial charge in [0, 0.05) is 83.0 Å². The van der Waals surface area contributed by atoms with Crippen LogP contribution in [0.2, 0.25) is 0 Å². The summed E-state index contributed by atoms with van der Waals surface area (Å²) in [5, 5.41) is 56.2. The van der Waals surface area contributed by atoms with Crippen LogP contribution in [0.5, 0.6) is 0 Å². The zero-order valence-corrected chi connectivity index (χ0v) is 35.0. The van der Waals surface area contributed by atoms with E-state index in [9.17, 15) is 25.7 Å². The number of benzene rings is 4. The molecule has 0 saturated carbocycles. The number of nitrogens with zero attached hydrogens (tertiary/aromatic N) is 8. The van der Waals surface area contributed by atoms with Gasteiger partial charge in [-0.15, -0.1) is 21.6 Å². The Morgan fingerprint density at radius 3 is 1.41 bits per heavy atom. The van der Waals surface area contributed by atoms with Crippen LogP contribution < -0.4 is 19.6 Å². The normalized spacial score (nSPS) is 10.8. The predicted octanol–water partition coefficient (Wildman–Crippen LogP) is 7.78. The summed E-state index contributed by atoms with van der Waals surface area (Å²) < 4.78 is 0. The van der Waals surface area contributed by atoms with Crippen molar-refractivity contribution in [2.24, 2.45) is 10.2 Å². The molecule has 5 aromatic rings. The van der Waals surface area contributed by atoms with E-state index < -0.39 is 0 Å². The Hall–Kier alpha value is -5.80. The minimum Gasteiger partial charge on any atom is -0.395 e. The number of anilines is 4. The van der Waals surface area contributed by atoms with Crippen LogP contribution in [0.3, 0.4) is 0 Å². The molecule has 0 atom stereocenters. The summed E-state index contributed by atoms with van der Waals surface area (Å²) in [7, 11) is 8.02. The molecule has 0 bridgehead atoms. The largest absolute Gasteiger partial charge is 0.395 e. The molecule has 4 N–H and O–H groups in total. The molecule has 1 aromatic heterocycles. The molecule has 12 nitrogen and oxygen atoms in total. The zero-order valence-electron chi connectivity index (χ0n) is 34.2. The lowest BCUT2D eigenvalue weighted by molar-refractivity contribution is 0.280. The lowest BCUT2D eigenvalue weighted by atomic mass is 9.85. The maximum absolute atomic E-state index is 9.40. The standard InChI is InChI=1S/C29H39N3O4.C16H15N5S/c1-30(2)26-9-3-23(4-10-26)29(24-5-11-27(12-6-24)31(15-19-33)16-20-34)25-7-13-28(14-8-25)32(17-21-35)18-22-36;1-10-8-12(21(4)5)6-7-14(10)19-20-16-13(9-17)11(2)15(18-3)22-16/h3-14,29,33-36H,15-22H2,1-2H3;6-8H,1-2,4-5H3. The van der Waals surface area contributed by atoms with Gasteiger partial charge in [0.05, 0.1) is 44.3 Å². The van der Waals surface area contributed by atoms with Gasteiger partial charge >= 0.3 is 0 Å². The van der Waals surface area contributed by atoms with Crippen LogP contribution in [0, 0.1) is 31.8 Å². The van der Waals surface area contributed by atoms with E-state index in [2.05, 4.69) is 74.6 Å². The Labute approximate surface area is 346 Å². The number of nitriles is 1. The topological polar surface area (TPSA) is 147 Å². The summed E-state index contributed by atoms with van der Waals surface area (Å²) in [6.07, 6.45) is 0. The Morgan fingerprint density at radius 1 is 0.638 bits per heavy atom. The summed E-state index contributed by atoms with van der Waals surface area (Å²) in [6.45, 7) is 12.8. The number of rotatable bonds is 17. The molecular weight excluding hydrogens is 749 g/mol. The molecule has 0 radical (unpaired) electrons. The van der Waals surface area contributed by atoms with Crippen LogP contribution in [0.1, 0.15) is 39.3 Å². The highest BCUT2D eigenvalue weighted by atomic mass is 32.1. The van der Waals surface area contributed by atoms with E-state index in [-0.39, 0.29) is 32.3 Å². The van der Waals surface area contributed by atoms with Crippen LogP contribution in [0.15, 0.2) is 101 Å². The maximum atomic E-state index is 9.40. The van der Waals surface area contributed by atoms with Crippen LogP contribution in [-0.4, -0.2) is 101 Å². The Kier molecular flexibility index (Phi) is 17.2. The molecule has 0 aliphatic heterocycles. The third-order valence-electron chi connectivity index (χ3n) is 9.67. The summed E-state index contributed by atoms with van der Waals surface area (Å²) in [5.74, 6) is 0.0116. The lowest BCUT2D eigenvalue weighted by Gasteiger charge is -2.26. The average molecular weight is 803 g/mol. The van der Waals surface area contributed by atoms with Gasteiger partial charge in [-0.05, 0) is 96.3 Å². The Morgan fingerprint density at radius 2 is 1.05 bits per heavy atom. The number of thiophene rings is 1. The molecular formula is C45H54N8O4S. The van der Waals surface area contributed by atoms with Crippen molar-refractivity contribution >= 4 is 49.8 Å². The van der Waals surface area contributed by atoms with Crippen LogP contribution in [0.25, 0.3) is 4.85 Å². The first-order valence-corrected chi connectivity index (χ1v) is 19.8. The quantitative estimate of drug-likeness (QED) is 0.0421. The van der Waals surface area contributed by atoms with Crippen LogP contribution in [0.4, 0.5) is 38.4 Å². The molecule has 1 heterocycles. The van der Waals surface area contributed by atoms with E-state index in [0.717, 1.165) is 45.1 Å². The summed E-state index contributed by atoms with van der Waals surface area (Å²) >= 11 is 1.20. The minimum atomic E-state index is 0.0116. The zero-order chi connectivity index (χ0) is 42.2. The summed E-state index contributed by atoms with van der Waals surface area (Å²) in [6, 6.07) is 33.2. The number of hydrogen-bond acceptors (Lipinski definition) is 12. The Bertz CT molecular complexity index is 2080. The SMILES string of the molecule is CN(C)c1ccc(C(c2ccc(N(CCO)CCO)cc2)c2ccc(N(CCO)CCO)cc2)cc1.[C-]#[N+]c1sc(N=Nc2ccc(N(C)C)cc2C)c(C#N)c1C. The van der Waals surface area contributed by atoms with E-state index in [1.807, 2.05) is 92.3 Å². The summed E-state index contributed by atoms with van der Waals surface area (Å²) in [5.41, 5.74) is 10.5. The number of azo groups is 1. The molecule has 4 aromatic carbocycles. The molecule has 5 rings (SSSR count). The van der Waals surface area contributed by atoms with Crippen molar-refractivity contribution in [2.45, 2.75) is 19.8 Å². The van der Waals surface area contributed by atoms with Gasteiger partial charge in [0.25, 0.3) is 0 Å². The fourth-order valence-corrected chi connectivity index (χ4v) is 7.31. The fourth-order valence-electron chi connectivity index (χ4n) is 6.44. The predicted molar refractivity (Wildman–Crippen MR) is 237 cm³/mol. The van der Waals surface area contributed by atoms with Crippen molar-refractivity contribution in [1.29, 1.82) is 5.26 Å². The van der Waals surface area contributed by atoms with Crippen LogP contribution >= 0.6 is 11.3 Å². The second kappa shape index (κ2) is 22.2. The van der Waals surface area contributed by atoms with Gasteiger partial charge in [-0.1, -0.05) is 36.4 Å². The molecule has 58 heavy (non-hydrogen) atoms. The van der Waals surface area contributed by atoms with E-state index in [1.54, 1.807) is 6.92 Å². The van der Waals surface area contributed by atoms with Crippen molar-refractivity contribution < 1.29 is 20.4 Å². The van der Waals surface area contributed by atoms with Gasteiger partial charge in [0.2, 0.25) is 5.00 Å². The number of aryl methyl sites for hydroxylation is 1. The third-order valence-corrected chi connectivity index (χ3v) is 10.7. The average Bonchev–Trinajstić information content (AvgIpc) is 3.54. The van der Waals surface area contributed by atoms with Crippen molar-refractivity contribution in [2.75, 3.05) is 100 Å².